The van der Waals surface area contributed by atoms with Crippen LogP contribution < -0.4 is 5.32 Å². The molecule has 0 aliphatic rings. The van der Waals surface area contributed by atoms with Crippen molar-refractivity contribution in [1.82, 2.24) is 5.32 Å². The van der Waals surface area contributed by atoms with Crippen LogP contribution in [0.15, 0.2) is 0 Å². The number of hydrogen-bond donors (Lipinski definition) is 1. The van der Waals surface area contributed by atoms with Crippen LogP contribution in [-0.2, 0) is 14.3 Å². The molecule has 2 atom stereocenters. The SMILES string of the molecule is CCNC(C(=O)C(C)(C)C)C(OC(=O)C(C)(C)C)C(C)C. The van der Waals surface area contributed by atoms with Crippen molar-refractivity contribution in [3.05, 3.63) is 0 Å². The molecule has 1 N–H and O–H groups in total. The number of carbonyl (C=O) groups excluding carboxylic acids is 2. The Bertz CT molecular complexity index is 361. The smallest absolute Gasteiger partial charge is 0.311 e. The molecular formula is C17H33NO3. The highest BCUT2D eigenvalue weighted by molar-refractivity contribution is 5.89. The van der Waals surface area contributed by atoms with Crippen LogP contribution in [0.3, 0.4) is 0 Å². The van der Waals surface area contributed by atoms with E-state index in [1.807, 2.05) is 62.3 Å². The number of ketones is 1. The monoisotopic (exact) mass is 299 g/mol. The van der Waals surface area contributed by atoms with Gasteiger partial charge in [0, 0.05) is 5.41 Å². The molecule has 0 heterocycles. The van der Waals surface area contributed by atoms with Crippen molar-refractivity contribution < 1.29 is 14.3 Å². The highest BCUT2D eigenvalue weighted by atomic mass is 16.5. The summed E-state index contributed by atoms with van der Waals surface area (Å²) in [5.41, 5.74) is -1.05. The third kappa shape index (κ3) is 6.16. The van der Waals surface area contributed by atoms with Gasteiger partial charge in [0.25, 0.3) is 0 Å². The number of Topliss-reactive ketones (excluding diaryl/α,β-unsaturated/α-hetero) is 1. The van der Waals surface area contributed by atoms with E-state index in [9.17, 15) is 9.59 Å². The second-order valence-corrected chi connectivity index (χ2v) is 8.01. The van der Waals surface area contributed by atoms with Crippen molar-refractivity contribution in [2.75, 3.05) is 6.54 Å². The first-order valence-electron chi connectivity index (χ1n) is 7.81. The Morgan fingerprint density at radius 3 is 1.76 bits per heavy atom. The summed E-state index contributed by atoms with van der Waals surface area (Å²) in [6, 6.07) is -0.471. The fraction of sp³-hybridized carbons (Fsp3) is 0.882. The molecule has 0 amide bonds. The number of hydrogen-bond acceptors (Lipinski definition) is 4. The molecule has 0 bridgehead atoms. The molecule has 0 aromatic rings. The molecule has 124 valence electrons. The molecule has 4 heteroatoms. The number of likely N-dealkylation sites (N-methyl/N-ethyl adjacent to an activating group) is 1. The molecule has 0 aromatic carbocycles. The molecule has 0 radical (unpaired) electrons. The maximum Gasteiger partial charge on any atom is 0.311 e. The molecule has 4 nitrogen and oxygen atoms in total. The fourth-order valence-electron chi connectivity index (χ4n) is 1.93. The lowest BCUT2D eigenvalue weighted by Crippen LogP contribution is -2.54. The summed E-state index contributed by atoms with van der Waals surface area (Å²) in [7, 11) is 0. The lowest BCUT2D eigenvalue weighted by Gasteiger charge is -2.34. The fourth-order valence-corrected chi connectivity index (χ4v) is 1.93. The second-order valence-electron chi connectivity index (χ2n) is 8.01. The van der Waals surface area contributed by atoms with Crippen molar-refractivity contribution in [3.8, 4) is 0 Å². The van der Waals surface area contributed by atoms with Gasteiger partial charge in [0.15, 0.2) is 5.78 Å². The summed E-state index contributed by atoms with van der Waals surface area (Å²) in [6.07, 6.45) is -0.455. The van der Waals surface area contributed by atoms with Gasteiger partial charge in [-0.05, 0) is 33.2 Å². The van der Waals surface area contributed by atoms with Gasteiger partial charge in [-0.2, -0.15) is 0 Å². The average molecular weight is 299 g/mol. The van der Waals surface area contributed by atoms with Crippen molar-refractivity contribution in [3.63, 3.8) is 0 Å². The molecule has 21 heavy (non-hydrogen) atoms. The lowest BCUT2D eigenvalue weighted by atomic mass is 9.82. The van der Waals surface area contributed by atoms with E-state index in [4.69, 9.17) is 4.74 Å². The Morgan fingerprint density at radius 2 is 1.48 bits per heavy atom. The molecule has 0 aliphatic carbocycles. The Hall–Kier alpha value is -0.900. The summed E-state index contributed by atoms with van der Waals surface area (Å²) < 4.78 is 5.69. The van der Waals surface area contributed by atoms with Crippen LogP contribution in [0.25, 0.3) is 0 Å². The first-order chi connectivity index (χ1) is 9.32. The molecule has 0 rings (SSSR count). The minimum absolute atomic E-state index is 0.0617. The van der Waals surface area contributed by atoms with Gasteiger partial charge in [0.1, 0.15) is 12.1 Å². The summed E-state index contributed by atoms with van der Waals surface area (Å²) in [5.74, 6) is -0.137. The van der Waals surface area contributed by atoms with E-state index < -0.39 is 23.0 Å². The van der Waals surface area contributed by atoms with Gasteiger partial charge in [0.2, 0.25) is 0 Å². The van der Waals surface area contributed by atoms with Crippen LogP contribution in [0.1, 0.15) is 62.3 Å². The van der Waals surface area contributed by atoms with Crippen LogP contribution in [0.2, 0.25) is 0 Å². The third-order valence-electron chi connectivity index (χ3n) is 3.29. The first-order valence-corrected chi connectivity index (χ1v) is 7.81. The molecule has 0 aliphatic heterocycles. The van der Waals surface area contributed by atoms with Crippen LogP contribution in [-0.4, -0.2) is 30.4 Å². The maximum absolute atomic E-state index is 12.7. The summed E-state index contributed by atoms with van der Waals surface area (Å²) in [5, 5.41) is 3.20. The van der Waals surface area contributed by atoms with E-state index in [0.29, 0.717) is 6.54 Å². The van der Waals surface area contributed by atoms with Gasteiger partial charge >= 0.3 is 5.97 Å². The van der Waals surface area contributed by atoms with E-state index in [-0.39, 0.29) is 17.7 Å². The normalized spacial score (nSPS) is 15.7. The van der Waals surface area contributed by atoms with E-state index in [1.54, 1.807) is 0 Å². The topological polar surface area (TPSA) is 55.4 Å². The third-order valence-corrected chi connectivity index (χ3v) is 3.29. The molecule has 0 spiro atoms. The van der Waals surface area contributed by atoms with Gasteiger partial charge in [-0.3, -0.25) is 9.59 Å². The van der Waals surface area contributed by atoms with Crippen molar-refractivity contribution in [2.45, 2.75) is 74.5 Å². The molecule has 0 saturated heterocycles. The predicted octanol–water partition coefficient (Wildman–Crippen LogP) is 3.19. The zero-order chi connectivity index (χ0) is 17.0. The predicted molar refractivity (Wildman–Crippen MR) is 86.1 cm³/mol. The van der Waals surface area contributed by atoms with E-state index in [0.717, 1.165) is 0 Å². The average Bonchev–Trinajstić information content (AvgIpc) is 2.29. The molecular weight excluding hydrogens is 266 g/mol. The van der Waals surface area contributed by atoms with Crippen LogP contribution in [0.5, 0.6) is 0 Å². The van der Waals surface area contributed by atoms with E-state index in [2.05, 4.69) is 5.32 Å². The molecule has 0 saturated carbocycles. The Balaban J connectivity index is 5.37. The zero-order valence-corrected chi connectivity index (χ0v) is 15.2. The van der Waals surface area contributed by atoms with Crippen LogP contribution in [0, 0.1) is 16.7 Å². The lowest BCUT2D eigenvalue weighted by molar-refractivity contribution is -0.164. The standard InChI is InChI=1S/C17H33NO3/c1-10-18-12(14(19)16(4,5)6)13(11(2)3)21-15(20)17(7,8)9/h11-13,18H,10H2,1-9H3. The number of rotatable bonds is 6. The Kier molecular flexibility index (Phi) is 7.07. The first kappa shape index (κ1) is 20.1. The summed E-state index contributed by atoms with van der Waals surface area (Å²) in [6.45, 7) is 17.7. The zero-order valence-electron chi connectivity index (χ0n) is 15.2. The second kappa shape index (κ2) is 7.39. The quantitative estimate of drug-likeness (QED) is 0.765. The van der Waals surface area contributed by atoms with E-state index >= 15 is 0 Å². The number of ether oxygens (including phenoxy) is 1. The van der Waals surface area contributed by atoms with Crippen molar-refractivity contribution in [1.29, 1.82) is 0 Å². The van der Waals surface area contributed by atoms with Crippen LogP contribution >= 0.6 is 0 Å². The minimum atomic E-state index is -0.575. The summed E-state index contributed by atoms with van der Waals surface area (Å²) >= 11 is 0. The van der Waals surface area contributed by atoms with Gasteiger partial charge in [-0.15, -0.1) is 0 Å². The van der Waals surface area contributed by atoms with Crippen molar-refractivity contribution >= 4 is 11.8 Å². The summed E-state index contributed by atoms with van der Waals surface area (Å²) in [4.78, 5) is 24.9. The highest BCUT2D eigenvalue weighted by Gasteiger charge is 2.39. The van der Waals surface area contributed by atoms with Gasteiger partial charge < -0.3 is 10.1 Å². The molecule has 0 aromatic heterocycles. The maximum atomic E-state index is 12.7. The number of carbonyl (C=O) groups is 2. The Labute approximate surface area is 130 Å². The molecule has 0 fully saturated rings. The van der Waals surface area contributed by atoms with Gasteiger partial charge in [-0.1, -0.05) is 41.5 Å². The minimum Gasteiger partial charge on any atom is -0.460 e. The Morgan fingerprint density at radius 1 is 1.00 bits per heavy atom. The molecule has 2 unspecified atom stereocenters. The highest BCUT2D eigenvalue weighted by Crippen LogP contribution is 2.25. The number of esters is 1. The number of nitrogens with one attached hydrogen (secondary N) is 1. The van der Waals surface area contributed by atoms with Crippen LogP contribution in [0.4, 0.5) is 0 Å². The van der Waals surface area contributed by atoms with Gasteiger partial charge in [0.05, 0.1) is 5.41 Å². The van der Waals surface area contributed by atoms with E-state index in [1.165, 1.54) is 0 Å². The largest absolute Gasteiger partial charge is 0.460 e. The van der Waals surface area contributed by atoms with Crippen molar-refractivity contribution in [2.24, 2.45) is 16.7 Å². The van der Waals surface area contributed by atoms with Gasteiger partial charge in [-0.25, -0.2) is 0 Å².